The molecule has 1 atom stereocenters. The van der Waals surface area contributed by atoms with Crippen LogP contribution in [0.25, 0.3) is 0 Å². The number of amides is 1. The van der Waals surface area contributed by atoms with Crippen LogP contribution in [0.4, 0.5) is 5.69 Å². The number of carbonyl (C=O) groups excluding carboxylic acids is 1. The number of carbonyl (C=O) groups is 1. The summed E-state index contributed by atoms with van der Waals surface area (Å²) in [4.78, 5) is 13.4. The first-order chi connectivity index (χ1) is 14.2. The molecule has 0 bridgehead atoms. The maximum Gasteiger partial charge on any atom is 0.243 e. The van der Waals surface area contributed by atoms with Crippen LogP contribution in [0.1, 0.15) is 50.2 Å². The lowest BCUT2D eigenvalue weighted by Gasteiger charge is -2.26. The summed E-state index contributed by atoms with van der Waals surface area (Å²) < 4.78 is 27.6. The fourth-order valence-electron chi connectivity index (χ4n) is 3.87. The summed E-state index contributed by atoms with van der Waals surface area (Å²) in [6.07, 6.45) is 2.82. The average molecular weight is 449 g/mol. The third kappa shape index (κ3) is 5.05. The second-order valence-corrected chi connectivity index (χ2v) is 10.6. The third-order valence-electron chi connectivity index (χ3n) is 5.60. The first kappa shape index (κ1) is 22.8. The van der Waals surface area contributed by atoms with Crippen LogP contribution in [0.3, 0.4) is 0 Å². The number of hydrogen-bond donors (Lipinski definition) is 1. The molecule has 1 aliphatic heterocycles. The zero-order valence-corrected chi connectivity index (χ0v) is 19.3. The van der Waals surface area contributed by atoms with Gasteiger partial charge in [-0.05, 0) is 61.1 Å². The van der Waals surface area contributed by atoms with E-state index in [4.69, 9.17) is 11.6 Å². The summed E-state index contributed by atoms with van der Waals surface area (Å²) in [6, 6.07) is 12.2. The smallest absolute Gasteiger partial charge is 0.243 e. The Bertz CT molecular complexity index is 998. The fourth-order valence-corrected chi connectivity index (χ4v) is 5.54. The van der Waals surface area contributed by atoms with Gasteiger partial charge < -0.3 is 5.32 Å². The zero-order valence-electron chi connectivity index (χ0n) is 17.7. The molecule has 1 unspecified atom stereocenters. The first-order valence-corrected chi connectivity index (χ1v) is 12.2. The summed E-state index contributed by atoms with van der Waals surface area (Å²) in [6.45, 7) is 6.93. The van der Waals surface area contributed by atoms with Crippen molar-refractivity contribution < 1.29 is 13.2 Å². The highest BCUT2D eigenvalue weighted by Crippen LogP contribution is 2.30. The number of benzene rings is 2. The van der Waals surface area contributed by atoms with Gasteiger partial charge in [-0.25, -0.2) is 8.42 Å². The van der Waals surface area contributed by atoms with E-state index in [0.29, 0.717) is 23.8 Å². The molecule has 0 spiro atoms. The van der Waals surface area contributed by atoms with E-state index < -0.39 is 10.0 Å². The summed E-state index contributed by atoms with van der Waals surface area (Å²) in [5, 5.41) is 3.58. The lowest BCUT2D eigenvalue weighted by Crippen LogP contribution is -2.35. The Labute approximate surface area is 184 Å². The van der Waals surface area contributed by atoms with Crippen molar-refractivity contribution in [1.82, 2.24) is 4.31 Å². The van der Waals surface area contributed by atoms with Crippen LogP contribution >= 0.6 is 11.6 Å². The number of anilines is 1. The second-order valence-electron chi connectivity index (χ2n) is 8.20. The molecule has 0 radical (unpaired) electrons. The van der Waals surface area contributed by atoms with Gasteiger partial charge in [-0.15, -0.1) is 0 Å². The molecule has 0 saturated carbocycles. The van der Waals surface area contributed by atoms with Gasteiger partial charge in [0.2, 0.25) is 15.9 Å². The van der Waals surface area contributed by atoms with E-state index in [-0.39, 0.29) is 22.6 Å². The SMILES string of the molecule is Cc1ccc(S(=O)(=O)N2CCCCC2)cc1NC(=O)C(c1ccc(Cl)cc1)C(C)C. The average Bonchev–Trinajstić information content (AvgIpc) is 2.71. The van der Waals surface area contributed by atoms with E-state index in [1.54, 1.807) is 30.3 Å². The van der Waals surface area contributed by atoms with Gasteiger partial charge in [-0.3, -0.25) is 4.79 Å². The van der Waals surface area contributed by atoms with Crippen molar-refractivity contribution in [1.29, 1.82) is 0 Å². The van der Waals surface area contributed by atoms with Gasteiger partial charge in [-0.2, -0.15) is 4.31 Å². The summed E-state index contributed by atoms with van der Waals surface area (Å²) in [5.41, 5.74) is 2.22. The Hall–Kier alpha value is -1.89. The zero-order chi connectivity index (χ0) is 21.9. The van der Waals surface area contributed by atoms with E-state index in [1.165, 1.54) is 4.31 Å². The van der Waals surface area contributed by atoms with Crippen molar-refractivity contribution >= 4 is 33.2 Å². The van der Waals surface area contributed by atoms with Crippen molar-refractivity contribution in [2.24, 2.45) is 5.92 Å². The molecule has 1 heterocycles. The Balaban J connectivity index is 1.87. The molecular weight excluding hydrogens is 420 g/mol. The van der Waals surface area contributed by atoms with Crippen LogP contribution in [0.15, 0.2) is 47.4 Å². The number of piperidine rings is 1. The van der Waals surface area contributed by atoms with Gasteiger partial charge in [0.1, 0.15) is 0 Å². The van der Waals surface area contributed by atoms with Crippen molar-refractivity contribution in [2.45, 2.75) is 50.8 Å². The van der Waals surface area contributed by atoms with Crippen LogP contribution < -0.4 is 5.32 Å². The van der Waals surface area contributed by atoms with E-state index >= 15 is 0 Å². The van der Waals surface area contributed by atoms with Crippen LogP contribution in [-0.2, 0) is 14.8 Å². The van der Waals surface area contributed by atoms with Crippen molar-refractivity contribution in [3.63, 3.8) is 0 Å². The van der Waals surface area contributed by atoms with Crippen LogP contribution in [0.5, 0.6) is 0 Å². The Morgan fingerprint density at radius 3 is 2.27 bits per heavy atom. The van der Waals surface area contributed by atoms with Crippen LogP contribution in [-0.4, -0.2) is 31.7 Å². The van der Waals surface area contributed by atoms with E-state index in [9.17, 15) is 13.2 Å². The molecule has 1 fully saturated rings. The van der Waals surface area contributed by atoms with Crippen LogP contribution in [0, 0.1) is 12.8 Å². The summed E-state index contributed by atoms with van der Waals surface area (Å²) in [7, 11) is -3.56. The number of rotatable bonds is 6. The second kappa shape index (κ2) is 9.50. The number of hydrogen-bond acceptors (Lipinski definition) is 3. The summed E-state index contributed by atoms with van der Waals surface area (Å²) >= 11 is 5.99. The number of nitrogens with one attached hydrogen (secondary N) is 1. The van der Waals surface area contributed by atoms with Crippen LogP contribution in [0.2, 0.25) is 5.02 Å². The topological polar surface area (TPSA) is 66.5 Å². The van der Waals surface area contributed by atoms with Gasteiger partial charge in [-0.1, -0.05) is 50.1 Å². The molecule has 7 heteroatoms. The molecular formula is C23H29ClN2O3S. The van der Waals surface area contributed by atoms with Gasteiger partial charge in [0.05, 0.1) is 10.8 Å². The minimum Gasteiger partial charge on any atom is -0.325 e. The maximum atomic E-state index is 13.2. The van der Waals surface area contributed by atoms with E-state index in [0.717, 1.165) is 30.4 Å². The number of aryl methyl sites for hydroxylation is 1. The first-order valence-electron chi connectivity index (χ1n) is 10.4. The van der Waals surface area contributed by atoms with Crippen molar-refractivity contribution in [3.8, 4) is 0 Å². The minimum atomic E-state index is -3.56. The molecule has 5 nitrogen and oxygen atoms in total. The lowest BCUT2D eigenvalue weighted by molar-refractivity contribution is -0.118. The quantitative estimate of drug-likeness (QED) is 0.660. The molecule has 1 saturated heterocycles. The monoisotopic (exact) mass is 448 g/mol. The highest BCUT2D eigenvalue weighted by Gasteiger charge is 2.28. The molecule has 1 amide bonds. The Kier molecular flexibility index (Phi) is 7.22. The molecule has 2 aromatic rings. The van der Waals surface area contributed by atoms with Crippen molar-refractivity contribution in [3.05, 3.63) is 58.6 Å². The molecule has 30 heavy (non-hydrogen) atoms. The highest BCUT2D eigenvalue weighted by molar-refractivity contribution is 7.89. The van der Waals surface area contributed by atoms with E-state index in [1.807, 2.05) is 32.9 Å². The van der Waals surface area contributed by atoms with E-state index in [2.05, 4.69) is 5.32 Å². The molecule has 1 N–H and O–H groups in total. The highest BCUT2D eigenvalue weighted by atomic mass is 35.5. The standard InChI is InChI=1S/C23H29ClN2O3S/c1-16(2)22(18-8-10-19(24)11-9-18)23(27)25-21-15-20(12-7-17(21)3)30(28,29)26-13-5-4-6-14-26/h7-12,15-16,22H,4-6,13-14H2,1-3H3,(H,25,27). The molecule has 0 aromatic heterocycles. The van der Waals surface area contributed by atoms with Crippen molar-refractivity contribution in [2.75, 3.05) is 18.4 Å². The molecule has 1 aliphatic rings. The van der Waals surface area contributed by atoms with Gasteiger partial charge in [0.25, 0.3) is 0 Å². The third-order valence-corrected chi connectivity index (χ3v) is 7.74. The van der Waals surface area contributed by atoms with Gasteiger partial charge in [0, 0.05) is 23.8 Å². The predicted octanol–water partition coefficient (Wildman–Crippen LogP) is 5.20. The largest absolute Gasteiger partial charge is 0.325 e. The molecule has 0 aliphatic carbocycles. The normalized spacial score (nSPS) is 16.4. The number of nitrogens with zero attached hydrogens (tertiary/aromatic N) is 1. The molecule has 3 rings (SSSR count). The maximum absolute atomic E-state index is 13.2. The molecule has 2 aromatic carbocycles. The number of halogens is 1. The summed E-state index contributed by atoms with van der Waals surface area (Å²) in [5.74, 6) is -0.473. The number of sulfonamides is 1. The Morgan fingerprint density at radius 1 is 1.03 bits per heavy atom. The predicted molar refractivity (Wildman–Crippen MR) is 121 cm³/mol. The lowest BCUT2D eigenvalue weighted by atomic mass is 9.87. The fraction of sp³-hybridized carbons (Fsp3) is 0.435. The van der Waals surface area contributed by atoms with Gasteiger partial charge >= 0.3 is 0 Å². The van der Waals surface area contributed by atoms with Gasteiger partial charge in [0.15, 0.2) is 0 Å². The minimum absolute atomic E-state index is 0.0618. The molecule has 162 valence electrons. The Morgan fingerprint density at radius 2 is 1.67 bits per heavy atom.